The second kappa shape index (κ2) is 3.89. The number of amides is 1. The number of nitrogens with one attached hydrogen (secondary N) is 1. The Balaban J connectivity index is 2.00. The number of hydrogen-bond donors (Lipinski definition) is 1. The fraction of sp³-hybridized carbons (Fsp3) is 0.308. The molecule has 2 nitrogen and oxygen atoms in total. The van der Waals surface area contributed by atoms with Crippen molar-refractivity contribution >= 4 is 5.91 Å². The molecule has 1 aliphatic rings. The van der Waals surface area contributed by atoms with Crippen molar-refractivity contribution < 1.29 is 4.79 Å². The Morgan fingerprint density at radius 2 is 2.07 bits per heavy atom. The van der Waals surface area contributed by atoms with Crippen molar-refractivity contribution in [2.75, 3.05) is 0 Å². The van der Waals surface area contributed by atoms with Crippen LogP contribution in [0.1, 0.15) is 18.4 Å². The Morgan fingerprint density at radius 1 is 1.40 bits per heavy atom. The van der Waals surface area contributed by atoms with E-state index in [9.17, 15) is 4.79 Å². The van der Waals surface area contributed by atoms with Gasteiger partial charge in [-0.3, -0.25) is 4.79 Å². The fourth-order valence-corrected chi connectivity index (χ4v) is 1.80. The van der Waals surface area contributed by atoms with Gasteiger partial charge < -0.3 is 5.32 Å². The summed E-state index contributed by atoms with van der Waals surface area (Å²) in [5, 5.41) is 3.01. The van der Waals surface area contributed by atoms with E-state index in [1.165, 1.54) is 11.6 Å². The molecule has 0 atom stereocenters. The molecule has 78 valence electrons. The van der Waals surface area contributed by atoms with Crippen LogP contribution in [0.3, 0.4) is 0 Å². The SMILES string of the molecule is C=CC(=O)NC1(Cc2ccccc2)CC1. The molecule has 0 aromatic heterocycles. The second-order valence-corrected chi connectivity index (χ2v) is 4.14. The van der Waals surface area contributed by atoms with Crippen molar-refractivity contribution in [2.45, 2.75) is 24.8 Å². The first-order chi connectivity index (χ1) is 7.24. The molecule has 0 heterocycles. The average molecular weight is 201 g/mol. The van der Waals surface area contributed by atoms with Crippen LogP contribution in [0, 0.1) is 0 Å². The molecular weight excluding hydrogens is 186 g/mol. The van der Waals surface area contributed by atoms with Crippen LogP contribution in [-0.4, -0.2) is 11.4 Å². The van der Waals surface area contributed by atoms with E-state index in [0.29, 0.717) is 0 Å². The molecular formula is C13H15NO. The van der Waals surface area contributed by atoms with Crippen molar-refractivity contribution in [1.82, 2.24) is 5.32 Å². The summed E-state index contributed by atoms with van der Waals surface area (Å²) in [6, 6.07) is 10.3. The van der Waals surface area contributed by atoms with Gasteiger partial charge in [0.25, 0.3) is 0 Å². The zero-order chi connectivity index (χ0) is 10.7. The molecule has 0 saturated heterocycles. The zero-order valence-electron chi connectivity index (χ0n) is 8.70. The molecule has 1 N–H and O–H groups in total. The molecule has 15 heavy (non-hydrogen) atoms. The molecule has 1 fully saturated rings. The zero-order valence-corrected chi connectivity index (χ0v) is 8.70. The summed E-state index contributed by atoms with van der Waals surface area (Å²) in [5.74, 6) is -0.0663. The first kappa shape index (κ1) is 9.97. The predicted molar refractivity (Wildman–Crippen MR) is 60.5 cm³/mol. The van der Waals surface area contributed by atoms with E-state index in [1.54, 1.807) is 0 Å². The van der Waals surface area contributed by atoms with Crippen LogP contribution in [0.4, 0.5) is 0 Å². The van der Waals surface area contributed by atoms with Crippen molar-refractivity contribution in [2.24, 2.45) is 0 Å². The highest BCUT2D eigenvalue weighted by molar-refractivity contribution is 5.87. The van der Waals surface area contributed by atoms with Crippen LogP contribution >= 0.6 is 0 Å². The summed E-state index contributed by atoms with van der Waals surface area (Å²) in [7, 11) is 0. The summed E-state index contributed by atoms with van der Waals surface area (Å²) in [4.78, 5) is 11.2. The molecule has 0 spiro atoms. The third-order valence-corrected chi connectivity index (χ3v) is 2.81. The molecule has 2 heteroatoms. The van der Waals surface area contributed by atoms with E-state index < -0.39 is 0 Å². The summed E-state index contributed by atoms with van der Waals surface area (Å²) >= 11 is 0. The predicted octanol–water partition coefficient (Wildman–Crippen LogP) is 2.06. The molecule has 2 rings (SSSR count). The minimum atomic E-state index is -0.0663. The highest BCUT2D eigenvalue weighted by atomic mass is 16.1. The molecule has 0 aliphatic heterocycles. The van der Waals surface area contributed by atoms with Crippen molar-refractivity contribution in [3.8, 4) is 0 Å². The van der Waals surface area contributed by atoms with Gasteiger partial charge in [0.1, 0.15) is 0 Å². The van der Waals surface area contributed by atoms with E-state index in [4.69, 9.17) is 0 Å². The van der Waals surface area contributed by atoms with Gasteiger partial charge in [-0.2, -0.15) is 0 Å². The third kappa shape index (κ3) is 2.46. The van der Waals surface area contributed by atoms with Crippen LogP contribution in [0.25, 0.3) is 0 Å². The molecule has 1 aliphatic carbocycles. The lowest BCUT2D eigenvalue weighted by molar-refractivity contribution is -0.117. The maximum absolute atomic E-state index is 11.2. The molecule has 1 saturated carbocycles. The maximum atomic E-state index is 11.2. The maximum Gasteiger partial charge on any atom is 0.243 e. The van der Waals surface area contributed by atoms with Crippen LogP contribution in [0.15, 0.2) is 43.0 Å². The minimum absolute atomic E-state index is 0.00657. The van der Waals surface area contributed by atoms with E-state index in [1.807, 2.05) is 18.2 Å². The molecule has 0 unspecified atom stereocenters. The lowest BCUT2D eigenvalue weighted by Crippen LogP contribution is -2.37. The molecule has 0 radical (unpaired) electrons. The van der Waals surface area contributed by atoms with Gasteiger partial charge in [0, 0.05) is 5.54 Å². The first-order valence-corrected chi connectivity index (χ1v) is 5.23. The number of benzene rings is 1. The molecule has 1 amide bonds. The van der Waals surface area contributed by atoms with E-state index >= 15 is 0 Å². The van der Waals surface area contributed by atoms with Gasteiger partial charge in [-0.1, -0.05) is 36.9 Å². The highest BCUT2D eigenvalue weighted by Crippen LogP contribution is 2.38. The smallest absolute Gasteiger partial charge is 0.243 e. The van der Waals surface area contributed by atoms with Gasteiger partial charge in [0.15, 0.2) is 0 Å². The van der Waals surface area contributed by atoms with Gasteiger partial charge in [-0.15, -0.1) is 0 Å². The van der Waals surface area contributed by atoms with Crippen molar-refractivity contribution in [3.05, 3.63) is 48.6 Å². The van der Waals surface area contributed by atoms with Gasteiger partial charge >= 0.3 is 0 Å². The van der Waals surface area contributed by atoms with Gasteiger partial charge in [0.2, 0.25) is 5.91 Å². The Morgan fingerprint density at radius 3 is 2.60 bits per heavy atom. The minimum Gasteiger partial charge on any atom is -0.347 e. The van der Waals surface area contributed by atoms with Crippen LogP contribution in [0.5, 0.6) is 0 Å². The monoisotopic (exact) mass is 201 g/mol. The summed E-state index contributed by atoms with van der Waals surface area (Å²) in [6.45, 7) is 3.47. The molecule has 0 bridgehead atoms. The highest BCUT2D eigenvalue weighted by Gasteiger charge is 2.43. The number of carbonyl (C=O) groups excluding carboxylic acids is 1. The lowest BCUT2D eigenvalue weighted by atomic mass is 10.0. The number of carbonyl (C=O) groups is 1. The standard InChI is InChI=1S/C13H15NO/c1-2-12(15)14-13(8-9-13)10-11-6-4-3-5-7-11/h2-7H,1,8-10H2,(H,14,15). The Hall–Kier alpha value is -1.57. The fourth-order valence-electron chi connectivity index (χ4n) is 1.80. The number of hydrogen-bond acceptors (Lipinski definition) is 1. The Kier molecular flexibility index (Phi) is 2.58. The van der Waals surface area contributed by atoms with E-state index in [0.717, 1.165) is 19.3 Å². The van der Waals surface area contributed by atoms with Crippen molar-refractivity contribution in [3.63, 3.8) is 0 Å². The van der Waals surface area contributed by atoms with Crippen LogP contribution in [0.2, 0.25) is 0 Å². The van der Waals surface area contributed by atoms with Crippen LogP contribution in [-0.2, 0) is 11.2 Å². The molecule has 1 aromatic rings. The largest absolute Gasteiger partial charge is 0.347 e. The second-order valence-electron chi connectivity index (χ2n) is 4.14. The van der Waals surface area contributed by atoms with Crippen molar-refractivity contribution in [1.29, 1.82) is 0 Å². The lowest BCUT2D eigenvalue weighted by Gasteiger charge is -2.16. The summed E-state index contributed by atoms with van der Waals surface area (Å²) < 4.78 is 0. The van der Waals surface area contributed by atoms with E-state index in [2.05, 4.69) is 24.0 Å². The molecule has 1 aromatic carbocycles. The number of rotatable bonds is 4. The quantitative estimate of drug-likeness (QED) is 0.742. The third-order valence-electron chi connectivity index (χ3n) is 2.81. The first-order valence-electron chi connectivity index (χ1n) is 5.23. The summed E-state index contributed by atoms with van der Waals surface area (Å²) in [5.41, 5.74) is 1.28. The van der Waals surface area contributed by atoms with Gasteiger partial charge in [-0.05, 0) is 30.9 Å². The Labute approximate surface area is 90.0 Å². The van der Waals surface area contributed by atoms with Gasteiger partial charge in [0.05, 0.1) is 0 Å². The van der Waals surface area contributed by atoms with E-state index in [-0.39, 0.29) is 11.4 Å². The average Bonchev–Trinajstić information content (AvgIpc) is 2.99. The topological polar surface area (TPSA) is 29.1 Å². The Bertz CT molecular complexity index is 365. The van der Waals surface area contributed by atoms with Gasteiger partial charge in [-0.25, -0.2) is 0 Å². The normalized spacial score (nSPS) is 16.8. The summed E-state index contributed by atoms with van der Waals surface area (Å²) in [6.07, 6.45) is 4.40. The van der Waals surface area contributed by atoms with Crippen LogP contribution < -0.4 is 5.32 Å².